The smallest absolute Gasteiger partial charge is 0.120 e. The molecule has 0 radical (unpaired) electrons. The number of hydrogen-bond acceptors (Lipinski definition) is 4. The van der Waals surface area contributed by atoms with Gasteiger partial charge in [-0.05, 0) is 51.0 Å². The molecule has 2 aromatic rings. The standard InChI is InChI=1S/C15H21N3O/c1-5-13-10(4)15(18-16)12-8-11(19-9(2)3)6-7-14(12)17-13/h6-9H,5,16H2,1-4H3,(H,17,18). The molecule has 19 heavy (non-hydrogen) atoms. The fourth-order valence-electron chi connectivity index (χ4n) is 2.26. The minimum Gasteiger partial charge on any atom is -0.491 e. The van der Waals surface area contributed by atoms with Crippen LogP contribution in [0.15, 0.2) is 18.2 Å². The van der Waals surface area contributed by atoms with Gasteiger partial charge in [-0.2, -0.15) is 0 Å². The highest BCUT2D eigenvalue weighted by molar-refractivity contribution is 5.94. The monoisotopic (exact) mass is 259 g/mol. The van der Waals surface area contributed by atoms with Crippen LogP contribution in [0.1, 0.15) is 32.0 Å². The zero-order chi connectivity index (χ0) is 14.0. The molecule has 0 spiro atoms. The van der Waals surface area contributed by atoms with E-state index in [9.17, 15) is 0 Å². The number of fused-ring (bicyclic) bond motifs is 1. The van der Waals surface area contributed by atoms with Gasteiger partial charge < -0.3 is 10.2 Å². The van der Waals surface area contributed by atoms with Crippen LogP contribution in [0.25, 0.3) is 10.9 Å². The highest BCUT2D eigenvalue weighted by atomic mass is 16.5. The molecule has 0 unspecified atom stereocenters. The fraction of sp³-hybridized carbons (Fsp3) is 0.400. The van der Waals surface area contributed by atoms with E-state index in [1.165, 1.54) is 0 Å². The third-order valence-electron chi connectivity index (χ3n) is 3.15. The fourth-order valence-corrected chi connectivity index (χ4v) is 2.26. The number of benzene rings is 1. The summed E-state index contributed by atoms with van der Waals surface area (Å²) in [6.45, 7) is 8.15. The SMILES string of the molecule is CCc1nc2ccc(OC(C)C)cc2c(NN)c1C. The number of nitrogens with one attached hydrogen (secondary N) is 1. The van der Waals surface area contributed by atoms with E-state index < -0.39 is 0 Å². The van der Waals surface area contributed by atoms with Crippen molar-refractivity contribution in [2.45, 2.75) is 40.2 Å². The zero-order valence-corrected chi connectivity index (χ0v) is 11.9. The number of anilines is 1. The Morgan fingerprint density at radius 1 is 1.37 bits per heavy atom. The molecule has 3 N–H and O–H groups in total. The predicted octanol–water partition coefficient (Wildman–Crippen LogP) is 3.18. The Kier molecular flexibility index (Phi) is 3.90. The van der Waals surface area contributed by atoms with Crippen LogP contribution in [0.2, 0.25) is 0 Å². The summed E-state index contributed by atoms with van der Waals surface area (Å²) in [6, 6.07) is 5.92. The molecule has 0 atom stereocenters. The van der Waals surface area contributed by atoms with Crippen LogP contribution in [0, 0.1) is 6.92 Å². The number of nitrogens with zero attached hydrogens (tertiary/aromatic N) is 1. The summed E-state index contributed by atoms with van der Waals surface area (Å²) >= 11 is 0. The molecule has 0 aliphatic heterocycles. The lowest BCUT2D eigenvalue weighted by Gasteiger charge is -2.15. The Hall–Kier alpha value is -1.81. The lowest BCUT2D eigenvalue weighted by molar-refractivity contribution is 0.243. The molecule has 4 nitrogen and oxygen atoms in total. The van der Waals surface area contributed by atoms with Crippen molar-refractivity contribution in [3.05, 3.63) is 29.5 Å². The number of rotatable bonds is 4. The average Bonchev–Trinajstić information content (AvgIpc) is 2.37. The van der Waals surface area contributed by atoms with Crippen molar-refractivity contribution in [1.82, 2.24) is 4.98 Å². The molecule has 4 heteroatoms. The van der Waals surface area contributed by atoms with E-state index in [-0.39, 0.29) is 6.10 Å². The molecule has 1 heterocycles. The molecule has 0 saturated carbocycles. The normalized spacial score (nSPS) is 11.1. The highest BCUT2D eigenvalue weighted by Crippen LogP contribution is 2.30. The molecular formula is C15H21N3O. The average molecular weight is 259 g/mol. The van der Waals surface area contributed by atoms with E-state index in [1.807, 2.05) is 39.0 Å². The number of pyridine rings is 1. The zero-order valence-electron chi connectivity index (χ0n) is 11.9. The van der Waals surface area contributed by atoms with Crippen LogP contribution in [-0.2, 0) is 6.42 Å². The number of aryl methyl sites for hydroxylation is 1. The van der Waals surface area contributed by atoms with Gasteiger partial charge in [-0.15, -0.1) is 0 Å². The van der Waals surface area contributed by atoms with E-state index in [4.69, 9.17) is 10.6 Å². The van der Waals surface area contributed by atoms with Crippen molar-refractivity contribution >= 4 is 16.6 Å². The lowest BCUT2D eigenvalue weighted by atomic mass is 10.1. The summed E-state index contributed by atoms with van der Waals surface area (Å²) < 4.78 is 5.72. The first kappa shape index (κ1) is 13.6. The molecule has 1 aromatic heterocycles. The van der Waals surface area contributed by atoms with Crippen LogP contribution < -0.4 is 16.0 Å². The predicted molar refractivity (Wildman–Crippen MR) is 79.4 cm³/mol. The van der Waals surface area contributed by atoms with Crippen LogP contribution in [0.3, 0.4) is 0 Å². The topological polar surface area (TPSA) is 60.2 Å². The van der Waals surface area contributed by atoms with Crippen LogP contribution >= 0.6 is 0 Å². The molecule has 0 aliphatic rings. The maximum Gasteiger partial charge on any atom is 0.120 e. The minimum absolute atomic E-state index is 0.149. The number of nitrogens with two attached hydrogens (primary N) is 1. The number of hydrazine groups is 1. The molecule has 2 rings (SSSR count). The van der Waals surface area contributed by atoms with Gasteiger partial charge in [-0.1, -0.05) is 6.92 Å². The lowest BCUT2D eigenvalue weighted by Crippen LogP contribution is -2.11. The molecule has 1 aromatic carbocycles. The van der Waals surface area contributed by atoms with E-state index in [2.05, 4.69) is 17.3 Å². The first-order valence-corrected chi connectivity index (χ1v) is 6.63. The van der Waals surface area contributed by atoms with Crippen LogP contribution in [0.4, 0.5) is 5.69 Å². The molecule has 0 saturated heterocycles. The van der Waals surface area contributed by atoms with Crippen molar-refractivity contribution in [3.8, 4) is 5.75 Å². The quantitative estimate of drug-likeness (QED) is 0.654. The largest absolute Gasteiger partial charge is 0.491 e. The maximum absolute atomic E-state index is 5.72. The first-order chi connectivity index (χ1) is 9.06. The highest BCUT2D eigenvalue weighted by Gasteiger charge is 2.11. The third-order valence-corrected chi connectivity index (χ3v) is 3.15. The van der Waals surface area contributed by atoms with Crippen molar-refractivity contribution in [1.29, 1.82) is 0 Å². The van der Waals surface area contributed by atoms with Gasteiger partial charge in [0.25, 0.3) is 0 Å². The van der Waals surface area contributed by atoms with Crippen molar-refractivity contribution in [2.24, 2.45) is 5.84 Å². The van der Waals surface area contributed by atoms with Gasteiger partial charge in [0.2, 0.25) is 0 Å². The van der Waals surface area contributed by atoms with Gasteiger partial charge in [-0.3, -0.25) is 10.8 Å². The second-order valence-corrected chi connectivity index (χ2v) is 4.90. The molecule has 0 bridgehead atoms. The van der Waals surface area contributed by atoms with Gasteiger partial charge in [0.05, 0.1) is 17.3 Å². The Morgan fingerprint density at radius 2 is 2.11 bits per heavy atom. The van der Waals surface area contributed by atoms with Gasteiger partial charge in [0.1, 0.15) is 5.75 Å². The van der Waals surface area contributed by atoms with E-state index >= 15 is 0 Å². The van der Waals surface area contributed by atoms with Gasteiger partial charge >= 0.3 is 0 Å². The second-order valence-electron chi connectivity index (χ2n) is 4.90. The summed E-state index contributed by atoms with van der Waals surface area (Å²) in [5, 5.41) is 0.996. The Labute approximate surface area is 113 Å². The Morgan fingerprint density at radius 3 is 2.68 bits per heavy atom. The maximum atomic E-state index is 5.72. The summed E-state index contributed by atoms with van der Waals surface area (Å²) in [7, 11) is 0. The minimum atomic E-state index is 0.149. The molecular weight excluding hydrogens is 238 g/mol. The number of hydrogen-bond donors (Lipinski definition) is 2. The van der Waals surface area contributed by atoms with Crippen molar-refractivity contribution < 1.29 is 4.74 Å². The van der Waals surface area contributed by atoms with E-state index in [0.717, 1.165) is 40.0 Å². The molecule has 0 aliphatic carbocycles. The number of aromatic nitrogens is 1. The van der Waals surface area contributed by atoms with E-state index in [0.29, 0.717) is 0 Å². The third kappa shape index (κ3) is 2.63. The summed E-state index contributed by atoms with van der Waals surface area (Å²) in [5.41, 5.74) is 6.83. The van der Waals surface area contributed by atoms with Gasteiger partial charge in [-0.25, -0.2) is 0 Å². The molecule has 0 amide bonds. The number of nitrogen functional groups attached to an aromatic ring is 1. The van der Waals surface area contributed by atoms with E-state index in [1.54, 1.807) is 0 Å². The summed E-state index contributed by atoms with van der Waals surface area (Å²) in [6.07, 6.45) is 1.04. The van der Waals surface area contributed by atoms with Crippen LogP contribution in [-0.4, -0.2) is 11.1 Å². The summed E-state index contributed by atoms with van der Waals surface area (Å²) in [4.78, 5) is 4.67. The number of ether oxygens (including phenoxy) is 1. The van der Waals surface area contributed by atoms with Crippen molar-refractivity contribution in [2.75, 3.05) is 5.43 Å². The Balaban J connectivity index is 2.63. The first-order valence-electron chi connectivity index (χ1n) is 6.63. The Bertz CT molecular complexity index is 593. The molecule has 102 valence electrons. The van der Waals surface area contributed by atoms with Gasteiger partial charge in [0.15, 0.2) is 0 Å². The second kappa shape index (κ2) is 5.45. The van der Waals surface area contributed by atoms with Gasteiger partial charge in [0, 0.05) is 11.1 Å². The van der Waals surface area contributed by atoms with Crippen molar-refractivity contribution in [3.63, 3.8) is 0 Å². The van der Waals surface area contributed by atoms with Crippen LogP contribution in [0.5, 0.6) is 5.75 Å². The summed E-state index contributed by atoms with van der Waals surface area (Å²) in [5.74, 6) is 6.51. The molecule has 0 fully saturated rings.